The van der Waals surface area contributed by atoms with Crippen molar-refractivity contribution in [2.24, 2.45) is 0 Å². The van der Waals surface area contributed by atoms with Gasteiger partial charge < -0.3 is 15.1 Å². The first-order valence-corrected chi connectivity index (χ1v) is 5.45. The van der Waals surface area contributed by atoms with Crippen molar-refractivity contribution in [2.45, 2.75) is 18.9 Å². The molecule has 2 fully saturated rings. The highest BCUT2D eigenvalue weighted by Gasteiger charge is 2.23. The summed E-state index contributed by atoms with van der Waals surface area (Å²) >= 11 is 0. The van der Waals surface area contributed by atoms with Crippen molar-refractivity contribution in [3.8, 4) is 0 Å². The number of nitrogens with one attached hydrogen (secondary N) is 1. The Balaban J connectivity index is 1.68. The second-order valence-corrected chi connectivity index (χ2v) is 4.34. The smallest absolute Gasteiger partial charge is 0.236 e. The Bertz CT molecular complexity index is 207. The van der Waals surface area contributed by atoms with Gasteiger partial charge in [0.1, 0.15) is 0 Å². The Hall–Kier alpha value is -0.610. The fourth-order valence-electron chi connectivity index (χ4n) is 1.69. The first kappa shape index (κ1) is 9.93. The van der Waals surface area contributed by atoms with Gasteiger partial charge in [-0.1, -0.05) is 0 Å². The van der Waals surface area contributed by atoms with E-state index in [-0.39, 0.29) is 5.91 Å². The zero-order valence-electron chi connectivity index (χ0n) is 8.83. The zero-order chi connectivity index (χ0) is 9.97. The molecule has 0 aromatic carbocycles. The van der Waals surface area contributed by atoms with E-state index in [1.807, 2.05) is 4.90 Å². The lowest BCUT2D eigenvalue weighted by molar-refractivity contribution is -0.131. The number of nitrogens with zero attached hydrogens (tertiary/aromatic N) is 2. The van der Waals surface area contributed by atoms with Crippen LogP contribution in [0.15, 0.2) is 0 Å². The van der Waals surface area contributed by atoms with Crippen LogP contribution >= 0.6 is 0 Å². The van der Waals surface area contributed by atoms with Crippen LogP contribution in [-0.4, -0.2) is 61.5 Å². The molecule has 1 heterocycles. The maximum Gasteiger partial charge on any atom is 0.236 e. The predicted octanol–water partition coefficient (Wildman–Crippen LogP) is -0.488. The van der Waals surface area contributed by atoms with Gasteiger partial charge in [-0.3, -0.25) is 4.79 Å². The largest absolute Gasteiger partial charge is 0.339 e. The van der Waals surface area contributed by atoms with Crippen molar-refractivity contribution in [2.75, 3.05) is 39.8 Å². The summed E-state index contributed by atoms with van der Waals surface area (Å²) in [7, 11) is 2.10. The molecule has 1 saturated heterocycles. The van der Waals surface area contributed by atoms with Crippen LogP contribution in [0, 0.1) is 0 Å². The minimum absolute atomic E-state index is 0.269. The third-order valence-corrected chi connectivity index (χ3v) is 2.98. The maximum absolute atomic E-state index is 11.7. The van der Waals surface area contributed by atoms with Crippen molar-refractivity contribution in [1.29, 1.82) is 0 Å². The Morgan fingerprint density at radius 3 is 2.50 bits per heavy atom. The van der Waals surface area contributed by atoms with Crippen molar-refractivity contribution in [3.63, 3.8) is 0 Å². The molecule has 4 nitrogen and oxygen atoms in total. The van der Waals surface area contributed by atoms with E-state index < -0.39 is 0 Å². The molecule has 1 aliphatic carbocycles. The Kier molecular flexibility index (Phi) is 3.03. The number of rotatable bonds is 3. The molecule has 0 bridgehead atoms. The van der Waals surface area contributed by atoms with E-state index in [0.717, 1.165) is 26.2 Å². The molecule has 80 valence electrons. The number of hydrogen-bond acceptors (Lipinski definition) is 3. The fraction of sp³-hybridized carbons (Fsp3) is 0.900. The van der Waals surface area contributed by atoms with Crippen LogP contribution in [0.3, 0.4) is 0 Å². The Labute approximate surface area is 85.2 Å². The standard InChI is InChI=1S/C10H19N3O/c1-12-4-6-13(7-5-12)10(14)8-11-9-2-3-9/h9,11H,2-8H2,1H3. The summed E-state index contributed by atoms with van der Waals surface area (Å²) in [5, 5.41) is 3.26. The molecule has 1 amide bonds. The monoisotopic (exact) mass is 197 g/mol. The van der Waals surface area contributed by atoms with Crippen LogP contribution in [-0.2, 0) is 4.79 Å². The normalized spacial score (nSPS) is 23.9. The second kappa shape index (κ2) is 4.28. The summed E-state index contributed by atoms with van der Waals surface area (Å²) in [5.41, 5.74) is 0. The van der Waals surface area contributed by atoms with Gasteiger partial charge in [0.2, 0.25) is 5.91 Å². The Morgan fingerprint density at radius 1 is 1.29 bits per heavy atom. The van der Waals surface area contributed by atoms with Crippen molar-refractivity contribution in [3.05, 3.63) is 0 Å². The average Bonchev–Trinajstić information content (AvgIpc) is 2.99. The fourth-order valence-corrected chi connectivity index (χ4v) is 1.69. The van der Waals surface area contributed by atoms with E-state index >= 15 is 0 Å². The molecule has 1 saturated carbocycles. The highest BCUT2D eigenvalue weighted by atomic mass is 16.2. The van der Waals surface area contributed by atoms with Gasteiger partial charge >= 0.3 is 0 Å². The van der Waals surface area contributed by atoms with E-state index in [1.165, 1.54) is 12.8 Å². The summed E-state index contributed by atoms with van der Waals surface area (Å²) in [6, 6.07) is 0.631. The average molecular weight is 197 g/mol. The molecule has 0 atom stereocenters. The molecule has 0 aromatic heterocycles. The van der Waals surface area contributed by atoms with Gasteiger partial charge in [-0.15, -0.1) is 0 Å². The van der Waals surface area contributed by atoms with Crippen LogP contribution in [0.5, 0.6) is 0 Å². The second-order valence-electron chi connectivity index (χ2n) is 4.34. The lowest BCUT2D eigenvalue weighted by Crippen LogP contribution is -2.49. The number of likely N-dealkylation sites (N-methyl/N-ethyl adjacent to an activating group) is 1. The highest BCUT2D eigenvalue weighted by molar-refractivity contribution is 5.78. The lowest BCUT2D eigenvalue weighted by Gasteiger charge is -2.32. The van der Waals surface area contributed by atoms with Gasteiger partial charge in [-0.25, -0.2) is 0 Å². The minimum Gasteiger partial charge on any atom is -0.339 e. The third kappa shape index (κ3) is 2.69. The molecule has 0 spiro atoms. The van der Waals surface area contributed by atoms with E-state index in [4.69, 9.17) is 0 Å². The van der Waals surface area contributed by atoms with Crippen molar-refractivity contribution >= 4 is 5.91 Å². The molecule has 1 N–H and O–H groups in total. The van der Waals surface area contributed by atoms with Gasteiger partial charge in [-0.05, 0) is 19.9 Å². The SMILES string of the molecule is CN1CCN(C(=O)CNC2CC2)CC1. The van der Waals surface area contributed by atoms with Crippen molar-refractivity contribution < 1.29 is 4.79 Å². The van der Waals surface area contributed by atoms with Crippen LogP contribution in [0.4, 0.5) is 0 Å². The number of carbonyl (C=O) groups excluding carboxylic acids is 1. The molecule has 1 aliphatic heterocycles. The molecule has 2 rings (SSSR count). The van der Waals surface area contributed by atoms with E-state index in [2.05, 4.69) is 17.3 Å². The first-order chi connectivity index (χ1) is 6.75. The molecule has 0 aromatic rings. The third-order valence-electron chi connectivity index (χ3n) is 2.98. The molecule has 0 radical (unpaired) electrons. The van der Waals surface area contributed by atoms with Crippen molar-refractivity contribution in [1.82, 2.24) is 15.1 Å². The summed E-state index contributed by atoms with van der Waals surface area (Å²) in [4.78, 5) is 15.9. The predicted molar refractivity (Wildman–Crippen MR) is 55.1 cm³/mol. The number of carbonyl (C=O) groups is 1. The lowest BCUT2D eigenvalue weighted by atomic mass is 10.3. The topological polar surface area (TPSA) is 35.6 Å². The first-order valence-electron chi connectivity index (χ1n) is 5.45. The Morgan fingerprint density at radius 2 is 1.93 bits per heavy atom. The molecule has 4 heteroatoms. The van der Waals surface area contributed by atoms with Gasteiger partial charge in [0, 0.05) is 32.2 Å². The van der Waals surface area contributed by atoms with Gasteiger partial charge in [0.15, 0.2) is 0 Å². The van der Waals surface area contributed by atoms with Crippen LogP contribution in [0.2, 0.25) is 0 Å². The summed E-state index contributed by atoms with van der Waals surface area (Å²) in [6.45, 7) is 4.34. The summed E-state index contributed by atoms with van der Waals surface area (Å²) in [5.74, 6) is 0.269. The summed E-state index contributed by atoms with van der Waals surface area (Å²) < 4.78 is 0. The summed E-state index contributed by atoms with van der Waals surface area (Å²) in [6.07, 6.45) is 2.49. The molecular weight excluding hydrogens is 178 g/mol. The van der Waals surface area contributed by atoms with E-state index in [0.29, 0.717) is 12.6 Å². The van der Waals surface area contributed by atoms with E-state index in [1.54, 1.807) is 0 Å². The van der Waals surface area contributed by atoms with Gasteiger partial charge in [-0.2, -0.15) is 0 Å². The minimum atomic E-state index is 0.269. The number of amides is 1. The van der Waals surface area contributed by atoms with Crippen LogP contribution in [0.1, 0.15) is 12.8 Å². The van der Waals surface area contributed by atoms with Gasteiger partial charge in [0.05, 0.1) is 6.54 Å². The molecule has 2 aliphatic rings. The van der Waals surface area contributed by atoms with E-state index in [9.17, 15) is 4.79 Å². The van der Waals surface area contributed by atoms with Gasteiger partial charge in [0.25, 0.3) is 0 Å². The molecule has 0 unspecified atom stereocenters. The molecular formula is C10H19N3O. The quantitative estimate of drug-likeness (QED) is 0.663. The van der Waals surface area contributed by atoms with Crippen LogP contribution in [0.25, 0.3) is 0 Å². The number of piperazine rings is 1. The maximum atomic E-state index is 11.7. The van der Waals surface area contributed by atoms with Crippen LogP contribution < -0.4 is 5.32 Å². The highest BCUT2D eigenvalue weighted by Crippen LogP contribution is 2.18. The number of hydrogen-bond donors (Lipinski definition) is 1. The zero-order valence-corrected chi connectivity index (χ0v) is 8.83. The molecule has 14 heavy (non-hydrogen) atoms.